The third-order valence-electron chi connectivity index (χ3n) is 4.30. The van der Waals surface area contributed by atoms with E-state index in [4.69, 9.17) is 28.0 Å². The number of halogens is 5. The van der Waals surface area contributed by atoms with Crippen LogP contribution in [-0.4, -0.2) is 11.9 Å². The Hall–Kier alpha value is -1.72. The molecule has 0 spiro atoms. The maximum Gasteiger partial charge on any atom is 0.435 e. The maximum absolute atomic E-state index is 13.9. The molecular formula is C18H14Cl2F3NO. The van der Waals surface area contributed by atoms with E-state index in [1.807, 2.05) is 6.92 Å². The van der Waals surface area contributed by atoms with E-state index in [9.17, 15) is 13.2 Å². The highest BCUT2D eigenvalue weighted by Gasteiger charge is 2.62. The first-order valence-electron chi connectivity index (χ1n) is 7.50. The molecule has 0 aliphatic carbocycles. The van der Waals surface area contributed by atoms with Crippen molar-refractivity contribution < 1.29 is 18.0 Å². The number of nitrogens with zero attached hydrogens (tertiary/aromatic N) is 1. The summed E-state index contributed by atoms with van der Waals surface area (Å²) in [7, 11) is 0. The van der Waals surface area contributed by atoms with E-state index < -0.39 is 18.2 Å². The highest BCUT2D eigenvalue weighted by Crippen LogP contribution is 2.49. The van der Waals surface area contributed by atoms with Gasteiger partial charge in [-0.15, -0.1) is 11.6 Å². The van der Waals surface area contributed by atoms with Crippen molar-refractivity contribution in [1.29, 1.82) is 0 Å². The van der Waals surface area contributed by atoms with Crippen molar-refractivity contribution in [3.05, 3.63) is 69.7 Å². The monoisotopic (exact) mass is 387 g/mol. The third-order valence-corrected chi connectivity index (χ3v) is 4.82. The minimum absolute atomic E-state index is 0.0691. The molecule has 0 saturated carbocycles. The predicted octanol–water partition coefficient (Wildman–Crippen LogP) is 5.97. The van der Waals surface area contributed by atoms with Gasteiger partial charge in [-0.25, -0.2) is 0 Å². The average molecular weight is 388 g/mol. The van der Waals surface area contributed by atoms with E-state index >= 15 is 0 Å². The fourth-order valence-electron chi connectivity index (χ4n) is 2.82. The van der Waals surface area contributed by atoms with Crippen molar-refractivity contribution in [3.63, 3.8) is 0 Å². The second-order valence-electron chi connectivity index (χ2n) is 5.92. The quantitative estimate of drug-likeness (QED) is 0.594. The van der Waals surface area contributed by atoms with Crippen molar-refractivity contribution in [2.45, 2.75) is 31.0 Å². The number of benzene rings is 2. The molecular weight excluding hydrogens is 374 g/mol. The van der Waals surface area contributed by atoms with Crippen LogP contribution >= 0.6 is 23.2 Å². The minimum Gasteiger partial charge on any atom is -0.374 e. The normalized spacial score (nSPS) is 20.3. The van der Waals surface area contributed by atoms with Crippen LogP contribution < -0.4 is 0 Å². The topological polar surface area (TPSA) is 21.6 Å². The van der Waals surface area contributed by atoms with E-state index in [0.29, 0.717) is 11.4 Å². The zero-order valence-corrected chi connectivity index (χ0v) is 14.7. The first-order chi connectivity index (χ1) is 11.8. The van der Waals surface area contributed by atoms with E-state index in [1.54, 1.807) is 18.2 Å². The molecule has 132 valence electrons. The molecule has 2 aromatic carbocycles. The largest absolute Gasteiger partial charge is 0.435 e. The van der Waals surface area contributed by atoms with Crippen LogP contribution in [0.2, 0.25) is 5.02 Å². The molecule has 0 saturated heterocycles. The molecule has 2 nitrogen and oxygen atoms in total. The molecule has 0 unspecified atom stereocenters. The second-order valence-corrected chi connectivity index (χ2v) is 6.62. The smallest absolute Gasteiger partial charge is 0.374 e. The van der Waals surface area contributed by atoms with Crippen LogP contribution in [0.25, 0.3) is 0 Å². The Morgan fingerprint density at radius 3 is 2.56 bits per heavy atom. The summed E-state index contributed by atoms with van der Waals surface area (Å²) in [4.78, 5) is 4.99. The van der Waals surface area contributed by atoms with Gasteiger partial charge in [0.15, 0.2) is 0 Å². The standard InChI is InChI=1S/C18H14Cl2F3NO/c1-11-7-12(5-6-13(11)10-19)16-9-17(25-24-16,18(21,22)23)14-3-2-4-15(20)8-14/h2-8H,9-10H2,1H3/t17-/m0/s1. The Morgan fingerprint density at radius 1 is 1.20 bits per heavy atom. The van der Waals surface area contributed by atoms with E-state index in [0.717, 1.165) is 11.1 Å². The van der Waals surface area contributed by atoms with Crippen molar-refractivity contribution in [2.75, 3.05) is 0 Å². The molecule has 1 aliphatic heterocycles. The van der Waals surface area contributed by atoms with Crippen molar-refractivity contribution >= 4 is 28.9 Å². The Labute approximate surface area is 153 Å². The van der Waals surface area contributed by atoms with Crippen LogP contribution in [0, 0.1) is 6.92 Å². The van der Waals surface area contributed by atoms with Gasteiger partial charge in [-0.05, 0) is 41.8 Å². The molecule has 1 aliphatic rings. The first-order valence-corrected chi connectivity index (χ1v) is 8.42. The van der Waals surface area contributed by atoms with Crippen molar-refractivity contribution in [2.24, 2.45) is 5.16 Å². The summed E-state index contributed by atoms with van der Waals surface area (Å²) < 4.78 is 41.6. The molecule has 0 N–H and O–H groups in total. The zero-order chi connectivity index (χ0) is 18.2. The summed E-state index contributed by atoms with van der Waals surface area (Å²) in [5, 5.41) is 3.96. The highest BCUT2D eigenvalue weighted by molar-refractivity contribution is 6.30. The number of hydrogen-bond acceptors (Lipinski definition) is 2. The van der Waals surface area contributed by atoms with Crippen LogP contribution in [0.3, 0.4) is 0 Å². The SMILES string of the molecule is Cc1cc(C2=NO[C@@](c3cccc(Cl)c3)(C(F)(F)F)C2)ccc1CCl. The second kappa shape index (κ2) is 6.54. The van der Waals surface area contributed by atoms with Gasteiger partial charge in [-0.3, -0.25) is 0 Å². The molecule has 0 fully saturated rings. The molecule has 1 heterocycles. The number of hydrogen-bond donors (Lipinski definition) is 0. The summed E-state index contributed by atoms with van der Waals surface area (Å²) in [5.74, 6) is 0.337. The Morgan fingerprint density at radius 2 is 1.96 bits per heavy atom. The summed E-state index contributed by atoms with van der Waals surface area (Å²) in [6.45, 7) is 1.85. The molecule has 3 rings (SSSR count). The fourth-order valence-corrected chi connectivity index (χ4v) is 3.31. The van der Waals surface area contributed by atoms with E-state index in [-0.39, 0.29) is 16.3 Å². The lowest BCUT2D eigenvalue weighted by atomic mass is 9.86. The van der Waals surface area contributed by atoms with Crippen LogP contribution in [-0.2, 0) is 16.3 Å². The highest BCUT2D eigenvalue weighted by atomic mass is 35.5. The van der Waals surface area contributed by atoms with Crippen LogP contribution in [0.1, 0.15) is 28.7 Å². The van der Waals surface area contributed by atoms with E-state index in [1.165, 1.54) is 24.3 Å². The molecule has 25 heavy (non-hydrogen) atoms. The van der Waals surface area contributed by atoms with Gasteiger partial charge in [0.1, 0.15) is 0 Å². The van der Waals surface area contributed by atoms with Gasteiger partial charge in [0.25, 0.3) is 5.60 Å². The van der Waals surface area contributed by atoms with Crippen molar-refractivity contribution in [3.8, 4) is 0 Å². The lowest BCUT2D eigenvalue weighted by Gasteiger charge is -2.29. The summed E-state index contributed by atoms with van der Waals surface area (Å²) >= 11 is 11.7. The Bertz CT molecular complexity index is 835. The van der Waals surface area contributed by atoms with Gasteiger partial charge < -0.3 is 4.84 Å². The molecule has 7 heteroatoms. The number of rotatable bonds is 3. The van der Waals surface area contributed by atoms with Crippen LogP contribution in [0.15, 0.2) is 47.6 Å². The molecule has 0 bridgehead atoms. The average Bonchev–Trinajstić information content (AvgIpc) is 3.01. The number of aryl methyl sites for hydroxylation is 1. The first kappa shape index (κ1) is 18.1. The zero-order valence-electron chi connectivity index (χ0n) is 13.2. The molecule has 2 aromatic rings. The van der Waals surface area contributed by atoms with Gasteiger partial charge in [0.05, 0.1) is 5.71 Å². The van der Waals surface area contributed by atoms with Crippen LogP contribution in [0.4, 0.5) is 13.2 Å². The summed E-state index contributed by atoms with van der Waals surface area (Å²) in [6.07, 6.45) is -5.06. The van der Waals surface area contributed by atoms with E-state index in [2.05, 4.69) is 5.16 Å². The third kappa shape index (κ3) is 3.23. The van der Waals surface area contributed by atoms with Gasteiger partial charge >= 0.3 is 6.18 Å². The Kier molecular flexibility index (Phi) is 4.73. The maximum atomic E-state index is 13.9. The Balaban J connectivity index is 1.99. The minimum atomic E-state index is -4.64. The number of oxime groups is 1. The fraction of sp³-hybridized carbons (Fsp3) is 0.278. The molecule has 0 aromatic heterocycles. The van der Waals surface area contributed by atoms with Crippen molar-refractivity contribution in [1.82, 2.24) is 0 Å². The molecule has 1 atom stereocenters. The summed E-state index contributed by atoms with van der Waals surface area (Å²) in [6, 6.07) is 10.8. The number of alkyl halides is 4. The van der Waals surface area contributed by atoms with Gasteiger partial charge in [-0.1, -0.05) is 41.0 Å². The lowest BCUT2D eigenvalue weighted by Crippen LogP contribution is -2.42. The van der Waals surface area contributed by atoms with Gasteiger partial charge in [0, 0.05) is 22.9 Å². The lowest BCUT2D eigenvalue weighted by molar-refractivity contribution is -0.275. The molecule has 0 radical (unpaired) electrons. The van der Waals surface area contributed by atoms with Crippen LogP contribution in [0.5, 0.6) is 0 Å². The van der Waals surface area contributed by atoms with Gasteiger partial charge in [0.2, 0.25) is 0 Å². The predicted molar refractivity (Wildman–Crippen MR) is 92.2 cm³/mol. The van der Waals surface area contributed by atoms with Gasteiger partial charge in [-0.2, -0.15) is 13.2 Å². The molecule has 0 amide bonds. The summed E-state index contributed by atoms with van der Waals surface area (Å²) in [5.41, 5.74) is 0.0254.